The van der Waals surface area contributed by atoms with Crippen molar-refractivity contribution in [2.75, 3.05) is 33.7 Å². The number of hydrogen-bond acceptors (Lipinski definition) is 4. The van der Waals surface area contributed by atoms with Crippen molar-refractivity contribution in [2.45, 2.75) is 50.9 Å². The largest absolute Gasteiger partial charge is 0.309 e. The Kier molecular flexibility index (Phi) is 4.76. The molecule has 0 aromatic rings. The molecule has 0 spiro atoms. The highest BCUT2D eigenvalue weighted by Crippen LogP contribution is 2.14. The fourth-order valence-corrected chi connectivity index (χ4v) is 3.07. The van der Waals surface area contributed by atoms with Crippen LogP contribution in [0.15, 0.2) is 4.99 Å². The van der Waals surface area contributed by atoms with Gasteiger partial charge in [0.1, 0.15) is 0 Å². The Morgan fingerprint density at radius 1 is 1.17 bits per heavy atom. The van der Waals surface area contributed by atoms with Crippen LogP contribution in [0.1, 0.15) is 26.7 Å². The lowest BCUT2D eigenvalue weighted by Gasteiger charge is -2.36. The van der Waals surface area contributed by atoms with Crippen LogP contribution in [0.2, 0.25) is 0 Å². The van der Waals surface area contributed by atoms with E-state index >= 15 is 0 Å². The summed E-state index contributed by atoms with van der Waals surface area (Å²) in [6, 6.07) is 2.25. The van der Waals surface area contributed by atoms with Gasteiger partial charge in [-0.15, -0.1) is 0 Å². The van der Waals surface area contributed by atoms with Crippen LogP contribution in [0, 0.1) is 0 Å². The second-order valence-corrected chi connectivity index (χ2v) is 6.20. The van der Waals surface area contributed by atoms with Gasteiger partial charge in [0.2, 0.25) is 0 Å². The van der Waals surface area contributed by atoms with Crippen LogP contribution in [0.3, 0.4) is 0 Å². The molecule has 4 atom stereocenters. The summed E-state index contributed by atoms with van der Waals surface area (Å²) in [6.45, 7) is 7.93. The van der Waals surface area contributed by atoms with Gasteiger partial charge in [-0.2, -0.15) is 0 Å². The molecule has 2 aliphatic rings. The third-order valence-corrected chi connectivity index (χ3v) is 4.19. The number of likely N-dealkylation sites (N-methyl/N-ethyl adjacent to an activating group) is 2. The van der Waals surface area contributed by atoms with Crippen molar-refractivity contribution in [2.24, 2.45) is 4.99 Å². The Morgan fingerprint density at radius 3 is 2.61 bits per heavy atom. The molecule has 0 radical (unpaired) electrons. The Labute approximate surface area is 111 Å². The summed E-state index contributed by atoms with van der Waals surface area (Å²) in [4.78, 5) is 9.50. The van der Waals surface area contributed by atoms with Gasteiger partial charge in [-0.3, -0.25) is 9.89 Å². The summed E-state index contributed by atoms with van der Waals surface area (Å²) >= 11 is 0. The van der Waals surface area contributed by atoms with Gasteiger partial charge in [0, 0.05) is 44.0 Å². The van der Waals surface area contributed by atoms with E-state index in [9.17, 15) is 0 Å². The summed E-state index contributed by atoms with van der Waals surface area (Å²) < 4.78 is 0. The zero-order chi connectivity index (χ0) is 13.1. The molecule has 4 unspecified atom stereocenters. The van der Waals surface area contributed by atoms with Crippen molar-refractivity contribution in [3.05, 3.63) is 0 Å². The van der Waals surface area contributed by atoms with Crippen LogP contribution in [-0.4, -0.2) is 73.9 Å². The zero-order valence-corrected chi connectivity index (χ0v) is 12.3. The normalized spacial score (nSPS) is 39.1. The average molecular weight is 252 g/mol. The van der Waals surface area contributed by atoms with Gasteiger partial charge < -0.3 is 10.2 Å². The maximum Gasteiger partial charge on any atom is 0.0624 e. The zero-order valence-electron chi connectivity index (χ0n) is 12.3. The Balaban J connectivity index is 1.76. The quantitative estimate of drug-likeness (QED) is 0.807. The minimum atomic E-state index is 0.496. The summed E-state index contributed by atoms with van der Waals surface area (Å²) in [7, 11) is 4.41. The van der Waals surface area contributed by atoms with E-state index in [1.807, 2.05) is 0 Å². The molecule has 4 nitrogen and oxygen atoms in total. The van der Waals surface area contributed by atoms with Gasteiger partial charge in [-0.05, 0) is 40.8 Å². The van der Waals surface area contributed by atoms with E-state index < -0.39 is 0 Å². The summed E-state index contributed by atoms with van der Waals surface area (Å²) in [5.74, 6) is 0. The molecule has 18 heavy (non-hydrogen) atoms. The van der Waals surface area contributed by atoms with E-state index in [0.29, 0.717) is 24.2 Å². The Bertz CT molecular complexity index is 282. The first-order valence-corrected chi connectivity index (χ1v) is 7.22. The Hall–Kier alpha value is -0.450. The van der Waals surface area contributed by atoms with Gasteiger partial charge in [0.25, 0.3) is 0 Å². The molecule has 2 rings (SSSR count). The first-order valence-electron chi connectivity index (χ1n) is 7.22. The standard InChI is InChI=1S/C14H28N4/c1-11-8-17(3)9-14(16-11)6-5-13-10-18(4)12(2)7-15-13/h7,11-14,16H,5-6,8-10H2,1-4H3. The molecule has 4 heteroatoms. The summed E-state index contributed by atoms with van der Waals surface area (Å²) in [6.07, 6.45) is 4.54. The number of hydrogen-bond donors (Lipinski definition) is 1. The number of nitrogens with zero attached hydrogens (tertiary/aromatic N) is 3. The fourth-order valence-electron chi connectivity index (χ4n) is 3.07. The van der Waals surface area contributed by atoms with Gasteiger partial charge in [-0.1, -0.05) is 0 Å². The van der Waals surface area contributed by atoms with Crippen molar-refractivity contribution < 1.29 is 0 Å². The lowest BCUT2D eigenvalue weighted by molar-refractivity contribution is 0.186. The molecule has 0 amide bonds. The third-order valence-electron chi connectivity index (χ3n) is 4.19. The van der Waals surface area contributed by atoms with E-state index in [0.717, 1.165) is 6.54 Å². The number of nitrogens with one attached hydrogen (secondary N) is 1. The molecule has 0 aromatic carbocycles. The molecule has 0 aliphatic carbocycles. The lowest BCUT2D eigenvalue weighted by Crippen LogP contribution is -2.54. The smallest absolute Gasteiger partial charge is 0.0624 e. The lowest BCUT2D eigenvalue weighted by atomic mass is 10.0. The van der Waals surface area contributed by atoms with Crippen LogP contribution in [-0.2, 0) is 0 Å². The van der Waals surface area contributed by atoms with Gasteiger partial charge >= 0.3 is 0 Å². The van der Waals surface area contributed by atoms with E-state index in [1.165, 1.54) is 25.9 Å². The average Bonchev–Trinajstić information content (AvgIpc) is 2.29. The van der Waals surface area contributed by atoms with Crippen molar-refractivity contribution in [3.8, 4) is 0 Å². The second kappa shape index (κ2) is 6.13. The number of piperazine rings is 1. The fraction of sp³-hybridized carbons (Fsp3) is 0.929. The highest BCUT2D eigenvalue weighted by atomic mass is 15.2. The predicted octanol–water partition coefficient (Wildman–Crippen LogP) is 0.832. The van der Waals surface area contributed by atoms with Crippen molar-refractivity contribution in [3.63, 3.8) is 0 Å². The van der Waals surface area contributed by atoms with Crippen LogP contribution in [0.4, 0.5) is 0 Å². The molecular formula is C14H28N4. The monoisotopic (exact) mass is 252 g/mol. The first kappa shape index (κ1) is 14.0. The van der Waals surface area contributed by atoms with Crippen molar-refractivity contribution in [1.82, 2.24) is 15.1 Å². The van der Waals surface area contributed by atoms with Crippen LogP contribution >= 0.6 is 0 Å². The van der Waals surface area contributed by atoms with Gasteiger partial charge in [0.05, 0.1) is 6.04 Å². The molecule has 104 valence electrons. The van der Waals surface area contributed by atoms with E-state index in [-0.39, 0.29) is 0 Å². The minimum Gasteiger partial charge on any atom is -0.309 e. The molecule has 0 bridgehead atoms. The van der Waals surface area contributed by atoms with Gasteiger partial charge in [-0.25, -0.2) is 0 Å². The maximum absolute atomic E-state index is 4.68. The molecule has 0 saturated carbocycles. The van der Waals surface area contributed by atoms with Crippen molar-refractivity contribution >= 4 is 6.21 Å². The number of aliphatic imine (C=N–C) groups is 1. The SMILES string of the molecule is CC1CN(C)CC(CCC2CN(C)C(C)C=N2)N1. The molecular weight excluding hydrogens is 224 g/mol. The highest BCUT2D eigenvalue weighted by molar-refractivity contribution is 5.64. The topological polar surface area (TPSA) is 30.9 Å². The van der Waals surface area contributed by atoms with Crippen LogP contribution in [0.25, 0.3) is 0 Å². The van der Waals surface area contributed by atoms with E-state index in [4.69, 9.17) is 0 Å². The number of rotatable bonds is 3. The first-order chi connectivity index (χ1) is 8.54. The van der Waals surface area contributed by atoms with Crippen LogP contribution < -0.4 is 5.32 Å². The molecule has 0 aromatic heterocycles. The Morgan fingerprint density at radius 2 is 1.94 bits per heavy atom. The summed E-state index contributed by atoms with van der Waals surface area (Å²) in [5.41, 5.74) is 0. The van der Waals surface area contributed by atoms with Crippen LogP contribution in [0.5, 0.6) is 0 Å². The van der Waals surface area contributed by atoms with E-state index in [2.05, 4.69) is 54.3 Å². The van der Waals surface area contributed by atoms with Gasteiger partial charge in [0.15, 0.2) is 0 Å². The third kappa shape index (κ3) is 3.77. The molecule has 1 fully saturated rings. The molecule has 1 saturated heterocycles. The molecule has 2 aliphatic heterocycles. The maximum atomic E-state index is 4.68. The molecule has 2 heterocycles. The predicted molar refractivity (Wildman–Crippen MR) is 77.5 cm³/mol. The molecule has 1 N–H and O–H groups in total. The van der Waals surface area contributed by atoms with Crippen molar-refractivity contribution in [1.29, 1.82) is 0 Å². The minimum absolute atomic E-state index is 0.496. The second-order valence-electron chi connectivity index (χ2n) is 6.20. The van der Waals surface area contributed by atoms with E-state index in [1.54, 1.807) is 0 Å². The summed E-state index contributed by atoms with van der Waals surface area (Å²) in [5, 5.41) is 3.70. The highest BCUT2D eigenvalue weighted by Gasteiger charge is 2.24.